The first kappa shape index (κ1) is 25.9. The number of nitrogens with zero attached hydrogens (tertiary/aromatic N) is 5. The molecular formula is C24H25ClN6O3S2. The summed E-state index contributed by atoms with van der Waals surface area (Å²) in [5.74, 6) is -0.0338. The van der Waals surface area contributed by atoms with Gasteiger partial charge in [-0.2, -0.15) is 5.10 Å². The number of benzene rings is 1. The Kier molecular flexibility index (Phi) is 7.82. The van der Waals surface area contributed by atoms with Crippen LogP contribution in [-0.4, -0.2) is 48.8 Å². The number of hydrogen-bond donors (Lipinski definition) is 1. The second-order valence-electron chi connectivity index (χ2n) is 7.96. The lowest BCUT2D eigenvalue weighted by Crippen LogP contribution is -2.16. The number of thioether (sulfide) groups is 1. The molecule has 0 spiro atoms. The number of aromatic nitrogens is 5. The van der Waals surface area contributed by atoms with E-state index in [1.165, 1.54) is 23.1 Å². The molecule has 3 aromatic heterocycles. The van der Waals surface area contributed by atoms with Gasteiger partial charge in [0.05, 0.1) is 29.2 Å². The molecule has 0 atom stereocenters. The minimum Gasteiger partial charge on any atom is -0.462 e. The van der Waals surface area contributed by atoms with E-state index in [4.69, 9.17) is 16.3 Å². The summed E-state index contributed by atoms with van der Waals surface area (Å²) in [6, 6.07) is 7.31. The van der Waals surface area contributed by atoms with Crippen LogP contribution < -0.4 is 5.32 Å². The Balaban J connectivity index is 1.60. The van der Waals surface area contributed by atoms with Gasteiger partial charge < -0.3 is 10.1 Å². The van der Waals surface area contributed by atoms with Gasteiger partial charge in [-0.15, -0.1) is 21.5 Å². The molecule has 4 aromatic rings. The van der Waals surface area contributed by atoms with Crippen molar-refractivity contribution in [3.05, 3.63) is 57.2 Å². The first-order chi connectivity index (χ1) is 17.2. The monoisotopic (exact) mass is 544 g/mol. The average molecular weight is 545 g/mol. The zero-order valence-corrected chi connectivity index (χ0v) is 22.8. The summed E-state index contributed by atoms with van der Waals surface area (Å²) in [7, 11) is 1.85. The van der Waals surface area contributed by atoms with E-state index in [0.717, 1.165) is 27.4 Å². The standard InChI is InChI=1S/C24H25ClN6O3S2/c1-6-34-23(33)20-13(2)15(4)36-22(20)26-19(32)12-35-24-28-27-21(18-11-30(5)29-14(18)3)31(24)17-9-7-16(25)8-10-17/h7-11H,6,12H2,1-5H3,(H,26,32). The number of carbonyl (C=O) groups is 2. The van der Waals surface area contributed by atoms with Crippen molar-refractivity contribution in [1.82, 2.24) is 24.5 Å². The summed E-state index contributed by atoms with van der Waals surface area (Å²) < 4.78 is 8.77. The van der Waals surface area contributed by atoms with Crippen molar-refractivity contribution in [2.75, 3.05) is 17.7 Å². The molecule has 3 heterocycles. The Morgan fingerprint density at radius 1 is 1.17 bits per heavy atom. The summed E-state index contributed by atoms with van der Waals surface area (Å²) >= 11 is 8.70. The van der Waals surface area contributed by atoms with Crippen molar-refractivity contribution < 1.29 is 14.3 Å². The van der Waals surface area contributed by atoms with E-state index in [1.54, 1.807) is 23.7 Å². The van der Waals surface area contributed by atoms with Crippen LogP contribution in [0.4, 0.5) is 5.00 Å². The molecule has 188 valence electrons. The molecule has 36 heavy (non-hydrogen) atoms. The highest BCUT2D eigenvalue weighted by Gasteiger charge is 2.23. The van der Waals surface area contributed by atoms with E-state index in [2.05, 4.69) is 20.6 Å². The SMILES string of the molecule is CCOC(=O)c1c(NC(=O)CSc2nnc(-c3cn(C)nc3C)n2-c2ccc(Cl)cc2)sc(C)c1C. The molecule has 0 saturated carbocycles. The highest BCUT2D eigenvalue weighted by atomic mass is 35.5. The number of carbonyl (C=O) groups excluding carboxylic acids is 2. The number of nitrogens with one attached hydrogen (secondary N) is 1. The Morgan fingerprint density at radius 2 is 1.89 bits per heavy atom. The molecule has 1 N–H and O–H groups in total. The number of esters is 1. The van der Waals surface area contributed by atoms with Crippen LogP contribution in [0, 0.1) is 20.8 Å². The maximum absolute atomic E-state index is 12.9. The van der Waals surface area contributed by atoms with Gasteiger partial charge in [-0.1, -0.05) is 23.4 Å². The number of hydrogen-bond acceptors (Lipinski definition) is 8. The second kappa shape index (κ2) is 10.9. The van der Waals surface area contributed by atoms with Gasteiger partial charge in [0.1, 0.15) is 5.00 Å². The van der Waals surface area contributed by atoms with Crippen LogP contribution >= 0.6 is 34.7 Å². The first-order valence-corrected chi connectivity index (χ1v) is 13.3. The normalized spacial score (nSPS) is 11.1. The molecule has 9 nitrogen and oxygen atoms in total. The van der Waals surface area contributed by atoms with Crippen LogP contribution in [0.3, 0.4) is 0 Å². The minimum atomic E-state index is -0.443. The quantitative estimate of drug-likeness (QED) is 0.240. The number of amides is 1. The minimum absolute atomic E-state index is 0.0655. The largest absolute Gasteiger partial charge is 0.462 e. The van der Waals surface area contributed by atoms with Gasteiger partial charge in [-0.3, -0.25) is 14.0 Å². The summed E-state index contributed by atoms with van der Waals surface area (Å²) in [4.78, 5) is 26.3. The van der Waals surface area contributed by atoms with Crippen LogP contribution in [0.5, 0.6) is 0 Å². The average Bonchev–Trinajstić information content (AvgIpc) is 3.47. The molecule has 0 fully saturated rings. The van der Waals surface area contributed by atoms with Crippen molar-refractivity contribution in [2.24, 2.45) is 7.05 Å². The molecule has 0 aliphatic carbocycles. The van der Waals surface area contributed by atoms with E-state index in [-0.39, 0.29) is 18.3 Å². The highest BCUT2D eigenvalue weighted by molar-refractivity contribution is 7.99. The fourth-order valence-electron chi connectivity index (χ4n) is 3.64. The number of ether oxygens (including phenoxy) is 1. The fraction of sp³-hybridized carbons (Fsp3) is 0.292. The second-order valence-corrected chi connectivity index (χ2v) is 10.6. The molecule has 1 aromatic carbocycles. The van der Waals surface area contributed by atoms with Gasteiger partial charge >= 0.3 is 5.97 Å². The van der Waals surface area contributed by atoms with Crippen molar-refractivity contribution >= 4 is 51.6 Å². The van der Waals surface area contributed by atoms with E-state index >= 15 is 0 Å². The lowest BCUT2D eigenvalue weighted by atomic mass is 10.1. The molecule has 12 heteroatoms. The summed E-state index contributed by atoms with van der Waals surface area (Å²) in [6.45, 7) is 7.67. The molecule has 0 saturated heterocycles. The van der Waals surface area contributed by atoms with E-state index in [0.29, 0.717) is 26.6 Å². The summed E-state index contributed by atoms with van der Waals surface area (Å²) in [6.07, 6.45) is 1.88. The molecule has 1 amide bonds. The molecule has 0 aliphatic heterocycles. The number of halogens is 1. The fourth-order valence-corrected chi connectivity index (χ4v) is 5.58. The van der Waals surface area contributed by atoms with Crippen LogP contribution in [-0.2, 0) is 16.6 Å². The van der Waals surface area contributed by atoms with Crippen molar-refractivity contribution in [2.45, 2.75) is 32.9 Å². The van der Waals surface area contributed by atoms with Gasteiger partial charge in [-0.25, -0.2) is 4.79 Å². The van der Waals surface area contributed by atoms with Crippen LogP contribution in [0.1, 0.15) is 33.4 Å². The summed E-state index contributed by atoms with van der Waals surface area (Å²) in [5.41, 5.74) is 3.65. The predicted molar refractivity (Wildman–Crippen MR) is 142 cm³/mol. The van der Waals surface area contributed by atoms with Crippen molar-refractivity contribution in [3.63, 3.8) is 0 Å². The zero-order valence-electron chi connectivity index (χ0n) is 20.5. The zero-order chi connectivity index (χ0) is 26.0. The summed E-state index contributed by atoms with van der Waals surface area (Å²) in [5, 5.41) is 17.7. The van der Waals surface area contributed by atoms with Crippen LogP contribution in [0.25, 0.3) is 17.1 Å². The smallest absolute Gasteiger partial charge is 0.341 e. The van der Waals surface area contributed by atoms with Crippen LogP contribution in [0.2, 0.25) is 5.02 Å². The maximum Gasteiger partial charge on any atom is 0.341 e. The molecule has 0 unspecified atom stereocenters. The Labute approximate surface area is 221 Å². The third-order valence-corrected chi connectivity index (χ3v) is 7.73. The van der Waals surface area contributed by atoms with Crippen molar-refractivity contribution in [3.8, 4) is 17.1 Å². The van der Waals surface area contributed by atoms with Gasteiger partial charge in [0.2, 0.25) is 5.91 Å². The lowest BCUT2D eigenvalue weighted by Gasteiger charge is -2.10. The maximum atomic E-state index is 12.9. The van der Waals surface area contributed by atoms with Gasteiger partial charge in [0, 0.05) is 28.8 Å². The number of thiophene rings is 1. The molecule has 0 radical (unpaired) electrons. The van der Waals surface area contributed by atoms with Gasteiger partial charge in [0.15, 0.2) is 11.0 Å². The molecule has 4 rings (SSSR count). The van der Waals surface area contributed by atoms with E-state index < -0.39 is 5.97 Å². The molecular weight excluding hydrogens is 520 g/mol. The van der Waals surface area contributed by atoms with Crippen molar-refractivity contribution in [1.29, 1.82) is 0 Å². The topological polar surface area (TPSA) is 104 Å². The number of anilines is 1. The Hall–Kier alpha value is -3.15. The third kappa shape index (κ3) is 5.32. The predicted octanol–water partition coefficient (Wildman–Crippen LogP) is 5.22. The Morgan fingerprint density at radius 3 is 2.53 bits per heavy atom. The third-order valence-electron chi connectivity index (χ3n) is 5.42. The van der Waals surface area contributed by atoms with Crippen LogP contribution in [0.15, 0.2) is 35.6 Å². The Bertz CT molecular complexity index is 1420. The first-order valence-electron chi connectivity index (χ1n) is 11.1. The molecule has 0 bridgehead atoms. The van der Waals surface area contributed by atoms with E-state index in [1.807, 2.05) is 50.7 Å². The highest BCUT2D eigenvalue weighted by Crippen LogP contribution is 2.34. The van der Waals surface area contributed by atoms with Gasteiger partial charge in [0.25, 0.3) is 0 Å². The lowest BCUT2D eigenvalue weighted by molar-refractivity contribution is -0.113. The molecule has 0 aliphatic rings. The number of aryl methyl sites for hydroxylation is 3. The number of rotatable bonds is 8. The van der Waals surface area contributed by atoms with E-state index in [9.17, 15) is 9.59 Å². The van der Waals surface area contributed by atoms with Gasteiger partial charge in [-0.05, 0) is 57.5 Å².